The van der Waals surface area contributed by atoms with Crippen molar-refractivity contribution in [2.45, 2.75) is 46.1 Å². The topological polar surface area (TPSA) is 20.3 Å². The van der Waals surface area contributed by atoms with Gasteiger partial charge in [-0.05, 0) is 38.9 Å². The fourth-order valence-corrected chi connectivity index (χ4v) is 1.95. The summed E-state index contributed by atoms with van der Waals surface area (Å²) >= 11 is 0. The summed E-state index contributed by atoms with van der Waals surface area (Å²) in [6.07, 6.45) is 3.32. The summed E-state index contributed by atoms with van der Waals surface area (Å²) in [5.74, 6) is 0.219. The van der Waals surface area contributed by atoms with Crippen molar-refractivity contribution in [2.24, 2.45) is 0 Å². The zero-order chi connectivity index (χ0) is 13.5. The van der Waals surface area contributed by atoms with Crippen LogP contribution in [-0.4, -0.2) is 30.3 Å². The Morgan fingerprint density at radius 1 is 1.22 bits per heavy atom. The van der Waals surface area contributed by atoms with Gasteiger partial charge in [-0.15, -0.1) is 0 Å². The molecule has 0 N–H and O–H groups in total. The van der Waals surface area contributed by atoms with E-state index < -0.39 is 0 Å². The van der Waals surface area contributed by atoms with Gasteiger partial charge in [0, 0.05) is 5.56 Å². The standard InChI is InChI=1S/C16H25NO/c1-5-7-12-17(4)13(3)16(18)15-10-8-14(6-2)9-11-15/h8-11,13H,5-7,12H2,1-4H3. The lowest BCUT2D eigenvalue weighted by molar-refractivity contribution is 0.0867. The lowest BCUT2D eigenvalue weighted by Gasteiger charge is -2.23. The van der Waals surface area contributed by atoms with E-state index in [9.17, 15) is 4.79 Å². The molecule has 0 fully saturated rings. The molecule has 0 bridgehead atoms. The van der Waals surface area contributed by atoms with Gasteiger partial charge in [-0.1, -0.05) is 44.5 Å². The number of carbonyl (C=O) groups is 1. The van der Waals surface area contributed by atoms with E-state index in [1.165, 1.54) is 5.56 Å². The van der Waals surface area contributed by atoms with Crippen molar-refractivity contribution in [1.82, 2.24) is 4.90 Å². The minimum absolute atomic E-state index is 0.0379. The van der Waals surface area contributed by atoms with Crippen LogP contribution in [0.15, 0.2) is 24.3 Å². The molecule has 100 valence electrons. The van der Waals surface area contributed by atoms with Crippen LogP contribution in [0.4, 0.5) is 0 Å². The molecular formula is C16H25NO. The predicted octanol–water partition coefficient (Wildman–Crippen LogP) is 3.55. The first-order chi connectivity index (χ1) is 8.60. The Balaban J connectivity index is 2.67. The fraction of sp³-hybridized carbons (Fsp3) is 0.562. The summed E-state index contributed by atoms with van der Waals surface area (Å²) in [6, 6.07) is 7.96. The van der Waals surface area contributed by atoms with Crippen LogP contribution in [0.2, 0.25) is 0 Å². The third-order valence-electron chi connectivity index (χ3n) is 3.55. The van der Waals surface area contributed by atoms with Gasteiger partial charge in [0.2, 0.25) is 0 Å². The van der Waals surface area contributed by atoms with Gasteiger partial charge in [0.25, 0.3) is 0 Å². The Morgan fingerprint density at radius 3 is 2.33 bits per heavy atom. The van der Waals surface area contributed by atoms with Crippen molar-refractivity contribution in [1.29, 1.82) is 0 Å². The Bertz CT molecular complexity index is 369. The van der Waals surface area contributed by atoms with Gasteiger partial charge in [-0.2, -0.15) is 0 Å². The summed E-state index contributed by atoms with van der Waals surface area (Å²) in [7, 11) is 2.03. The van der Waals surface area contributed by atoms with Crippen molar-refractivity contribution in [3.8, 4) is 0 Å². The molecule has 1 aromatic rings. The van der Waals surface area contributed by atoms with Gasteiger partial charge in [0.05, 0.1) is 6.04 Å². The first-order valence-electron chi connectivity index (χ1n) is 6.93. The van der Waals surface area contributed by atoms with E-state index in [1.807, 2.05) is 38.2 Å². The van der Waals surface area contributed by atoms with Gasteiger partial charge in [0.15, 0.2) is 5.78 Å². The summed E-state index contributed by atoms with van der Waals surface area (Å²) in [5.41, 5.74) is 2.10. The Morgan fingerprint density at radius 2 is 1.83 bits per heavy atom. The normalized spacial score (nSPS) is 12.7. The highest BCUT2D eigenvalue weighted by atomic mass is 16.1. The van der Waals surface area contributed by atoms with Crippen molar-refractivity contribution < 1.29 is 4.79 Å². The highest BCUT2D eigenvalue weighted by Crippen LogP contribution is 2.11. The van der Waals surface area contributed by atoms with Crippen LogP contribution in [0.1, 0.15) is 49.5 Å². The minimum atomic E-state index is -0.0379. The molecule has 0 radical (unpaired) electrons. The van der Waals surface area contributed by atoms with E-state index in [-0.39, 0.29) is 11.8 Å². The first kappa shape index (κ1) is 14.9. The maximum Gasteiger partial charge on any atom is 0.179 e. The molecule has 0 spiro atoms. The number of Topliss-reactive ketones (excluding diaryl/α,β-unsaturated/α-hetero) is 1. The fourth-order valence-electron chi connectivity index (χ4n) is 1.95. The van der Waals surface area contributed by atoms with Crippen molar-refractivity contribution in [3.05, 3.63) is 35.4 Å². The van der Waals surface area contributed by atoms with E-state index in [0.29, 0.717) is 0 Å². The molecule has 0 saturated heterocycles. The number of likely N-dealkylation sites (N-methyl/N-ethyl adjacent to an activating group) is 1. The van der Waals surface area contributed by atoms with Gasteiger partial charge >= 0.3 is 0 Å². The first-order valence-corrected chi connectivity index (χ1v) is 6.93. The zero-order valence-corrected chi connectivity index (χ0v) is 12.1. The van der Waals surface area contributed by atoms with Crippen LogP contribution in [0, 0.1) is 0 Å². The highest BCUT2D eigenvalue weighted by molar-refractivity contribution is 5.99. The Labute approximate surface area is 111 Å². The number of benzene rings is 1. The lowest BCUT2D eigenvalue weighted by atomic mass is 10.0. The van der Waals surface area contributed by atoms with Crippen molar-refractivity contribution in [2.75, 3.05) is 13.6 Å². The molecule has 0 aliphatic carbocycles. The third kappa shape index (κ3) is 3.95. The second kappa shape index (κ2) is 7.32. The molecule has 1 rings (SSSR count). The molecule has 1 atom stereocenters. The number of unbranched alkanes of at least 4 members (excludes halogenated alkanes) is 1. The molecule has 0 aliphatic rings. The Kier molecular flexibility index (Phi) is 6.06. The summed E-state index contributed by atoms with van der Waals surface area (Å²) in [5, 5.41) is 0. The largest absolute Gasteiger partial charge is 0.297 e. The molecule has 0 aliphatic heterocycles. The van der Waals surface area contributed by atoms with Crippen molar-refractivity contribution in [3.63, 3.8) is 0 Å². The lowest BCUT2D eigenvalue weighted by Crippen LogP contribution is -2.36. The average Bonchev–Trinajstić information content (AvgIpc) is 2.43. The molecule has 0 saturated carbocycles. The Hall–Kier alpha value is -1.15. The van der Waals surface area contributed by atoms with Crippen LogP contribution in [0.3, 0.4) is 0 Å². The zero-order valence-electron chi connectivity index (χ0n) is 12.1. The van der Waals surface area contributed by atoms with Gasteiger partial charge in [0.1, 0.15) is 0 Å². The number of nitrogens with zero attached hydrogens (tertiary/aromatic N) is 1. The number of hydrogen-bond acceptors (Lipinski definition) is 2. The van der Waals surface area contributed by atoms with Crippen LogP contribution < -0.4 is 0 Å². The number of ketones is 1. The van der Waals surface area contributed by atoms with Crippen LogP contribution in [0.25, 0.3) is 0 Å². The molecule has 2 heteroatoms. The number of rotatable bonds is 7. The van der Waals surface area contributed by atoms with E-state index in [1.54, 1.807) is 0 Å². The summed E-state index contributed by atoms with van der Waals surface area (Å²) in [6.45, 7) is 7.27. The summed E-state index contributed by atoms with van der Waals surface area (Å²) < 4.78 is 0. The monoisotopic (exact) mass is 247 g/mol. The van der Waals surface area contributed by atoms with Crippen LogP contribution >= 0.6 is 0 Å². The van der Waals surface area contributed by atoms with Crippen LogP contribution in [-0.2, 0) is 6.42 Å². The summed E-state index contributed by atoms with van der Waals surface area (Å²) in [4.78, 5) is 14.4. The average molecular weight is 247 g/mol. The SMILES string of the molecule is CCCCN(C)C(C)C(=O)c1ccc(CC)cc1. The molecule has 1 aromatic carbocycles. The predicted molar refractivity (Wildman–Crippen MR) is 77.2 cm³/mol. The smallest absolute Gasteiger partial charge is 0.179 e. The van der Waals surface area contributed by atoms with E-state index in [4.69, 9.17) is 0 Å². The number of carbonyl (C=O) groups excluding carboxylic acids is 1. The molecule has 18 heavy (non-hydrogen) atoms. The third-order valence-corrected chi connectivity index (χ3v) is 3.55. The molecule has 0 amide bonds. The second-order valence-corrected chi connectivity index (χ2v) is 4.92. The maximum absolute atomic E-state index is 12.3. The van der Waals surface area contributed by atoms with E-state index >= 15 is 0 Å². The molecule has 2 nitrogen and oxygen atoms in total. The second-order valence-electron chi connectivity index (χ2n) is 4.92. The quantitative estimate of drug-likeness (QED) is 0.687. The molecule has 1 unspecified atom stereocenters. The molecular weight excluding hydrogens is 222 g/mol. The highest BCUT2D eigenvalue weighted by Gasteiger charge is 2.18. The molecule has 0 heterocycles. The van der Waals surface area contributed by atoms with Gasteiger partial charge < -0.3 is 0 Å². The van der Waals surface area contributed by atoms with Crippen LogP contribution in [0.5, 0.6) is 0 Å². The van der Waals surface area contributed by atoms with E-state index in [2.05, 4.69) is 18.7 Å². The molecule has 0 aromatic heterocycles. The number of hydrogen-bond donors (Lipinski definition) is 0. The van der Waals surface area contributed by atoms with Gasteiger partial charge in [-0.3, -0.25) is 9.69 Å². The number of aryl methyl sites for hydroxylation is 1. The maximum atomic E-state index is 12.3. The van der Waals surface area contributed by atoms with E-state index in [0.717, 1.165) is 31.4 Å². The minimum Gasteiger partial charge on any atom is -0.297 e. The van der Waals surface area contributed by atoms with Crippen molar-refractivity contribution >= 4 is 5.78 Å². The van der Waals surface area contributed by atoms with Gasteiger partial charge in [-0.25, -0.2) is 0 Å².